The average Bonchev–Trinajstić information content (AvgIpc) is 2.44. The Balaban J connectivity index is 4.90. The zero-order valence-corrected chi connectivity index (χ0v) is 13.8. The van der Waals surface area contributed by atoms with Crippen LogP contribution in [0.1, 0.15) is 66.7 Å². The summed E-state index contributed by atoms with van der Waals surface area (Å²) >= 11 is 0. The van der Waals surface area contributed by atoms with Crippen molar-refractivity contribution in [1.82, 2.24) is 5.32 Å². The number of Topliss-reactive ketones (excluding diaryl/α,β-unsaturated/α-hetero) is 2. The lowest BCUT2D eigenvalue weighted by atomic mass is 9.76. The van der Waals surface area contributed by atoms with Gasteiger partial charge in [0.05, 0.1) is 12.1 Å². The Bertz CT molecular complexity index is 312. The summed E-state index contributed by atoms with van der Waals surface area (Å²) in [6, 6.07) is -0.523. The van der Waals surface area contributed by atoms with Gasteiger partial charge in [0.25, 0.3) is 0 Å². The molecule has 0 aliphatic heterocycles. The predicted octanol–water partition coefficient (Wildman–Crippen LogP) is 2.45. The van der Waals surface area contributed by atoms with Crippen LogP contribution in [-0.4, -0.2) is 30.2 Å². The molecular weight excluding hydrogens is 252 g/mol. The Morgan fingerprint density at radius 2 is 1.75 bits per heavy atom. The third-order valence-corrected chi connectivity index (χ3v) is 4.48. The molecule has 0 heterocycles. The minimum absolute atomic E-state index is 0.0660. The number of ketones is 2. The van der Waals surface area contributed by atoms with Gasteiger partial charge in [-0.2, -0.15) is 0 Å². The molecule has 118 valence electrons. The predicted molar refractivity (Wildman–Crippen MR) is 83.7 cm³/mol. The van der Waals surface area contributed by atoms with E-state index in [-0.39, 0.29) is 29.1 Å². The highest BCUT2D eigenvalue weighted by Gasteiger charge is 2.35. The SMILES string of the molecule is CCC(C)(CC)C(=O)[C@H](CCCCN)NC(C)C(C)=O. The van der Waals surface area contributed by atoms with Gasteiger partial charge in [-0.25, -0.2) is 0 Å². The Kier molecular flexibility index (Phi) is 8.90. The van der Waals surface area contributed by atoms with E-state index in [0.717, 1.165) is 32.1 Å². The number of rotatable bonds is 11. The van der Waals surface area contributed by atoms with Gasteiger partial charge in [0, 0.05) is 5.41 Å². The number of hydrogen-bond donors (Lipinski definition) is 2. The van der Waals surface area contributed by atoms with E-state index in [1.165, 1.54) is 0 Å². The van der Waals surface area contributed by atoms with Crippen LogP contribution in [0.3, 0.4) is 0 Å². The third kappa shape index (κ3) is 5.71. The zero-order valence-electron chi connectivity index (χ0n) is 13.8. The van der Waals surface area contributed by atoms with E-state index in [2.05, 4.69) is 5.32 Å². The molecule has 1 unspecified atom stereocenters. The summed E-state index contributed by atoms with van der Waals surface area (Å²) in [5.41, 5.74) is 5.21. The first-order chi connectivity index (χ1) is 9.32. The molecule has 0 bridgehead atoms. The summed E-state index contributed by atoms with van der Waals surface area (Å²) in [6.07, 6.45) is 4.23. The molecule has 0 spiro atoms. The van der Waals surface area contributed by atoms with Gasteiger partial charge in [-0.3, -0.25) is 14.9 Å². The minimum atomic E-state index is -0.309. The Morgan fingerprint density at radius 1 is 1.20 bits per heavy atom. The van der Waals surface area contributed by atoms with Crippen LogP contribution in [0.25, 0.3) is 0 Å². The molecule has 0 aromatic rings. The van der Waals surface area contributed by atoms with Crippen molar-refractivity contribution in [3.05, 3.63) is 0 Å². The number of carbonyl (C=O) groups excluding carboxylic acids is 2. The average molecular weight is 284 g/mol. The van der Waals surface area contributed by atoms with Crippen molar-refractivity contribution in [2.75, 3.05) is 6.54 Å². The third-order valence-electron chi connectivity index (χ3n) is 4.48. The highest BCUT2D eigenvalue weighted by molar-refractivity contribution is 5.90. The first-order valence-electron chi connectivity index (χ1n) is 7.83. The summed E-state index contributed by atoms with van der Waals surface area (Å²) in [5.74, 6) is 0.295. The van der Waals surface area contributed by atoms with E-state index in [0.29, 0.717) is 6.54 Å². The molecule has 4 nitrogen and oxygen atoms in total. The van der Waals surface area contributed by atoms with Gasteiger partial charge in [-0.05, 0) is 46.1 Å². The van der Waals surface area contributed by atoms with Crippen molar-refractivity contribution in [3.63, 3.8) is 0 Å². The van der Waals surface area contributed by atoms with Crippen LogP contribution in [0.4, 0.5) is 0 Å². The lowest BCUT2D eigenvalue weighted by Gasteiger charge is -2.31. The molecule has 0 aliphatic carbocycles. The minimum Gasteiger partial charge on any atom is -0.330 e. The van der Waals surface area contributed by atoms with Crippen molar-refractivity contribution >= 4 is 11.6 Å². The maximum atomic E-state index is 12.8. The van der Waals surface area contributed by atoms with E-state index in [1.54, 1.807) is 6.92 Å². The Morgan fingerprint density at radius 3 is 2.15 bits per heavy atom. The number of nitrogens with two attached hydrogens (primary N) is 1. The standard InChI is InChI=1S/C16H32N2O2/c1-6-16(5,7-2)15(20)14(10-8-9-11-17)18-12(3)13(4)19/h12,14,18H,6-11,17H2,1-5H3/t12?,14-/m0/s1. The number of unbranched alkanes of at least 4 members (excludes halogenated alkanes) is 1. The van der Waals surface area contributed by atoms with Crippen molar-refractivity contribution in [2.45, 2.75) is 78.8 Å². The Labute approximate surface area is 123 Å². The number of carbonyl (C=O) groups is 2. The maximum absolute atomic E-state index is 12.8. The van der Waals surface area contributed by atoms with Gasteiger partial charge in [0.2, 0.25) is 0 Å². The van der Waals surface area contributed by atoms with Crippen molar-refractivity contribution in [3.8, 4) is 0 Å². The van der Waals surface area contributed by atoms with Crippen LogP contribution in [0.2, 0.25) is 0 Å². The summed E-state index contributed by atoms with van der Waals surface area (Å²) in [4.78, 5) is 24.2. The molecule has 0 aromatic heterocycles. The van der Waals surface area contributed by atoms with Crippen LogP contribution in [0, 0.1) is 5.41 Å². The van der Waals surface area contributed by atoms with Gasteiger partial charge in [0.15, 0.2) is 5.78 Å². The normalized spacial score (nSPS) is 14.9. The van der Waals surface area contributed by atoms with Gasteiger partial charge in [0.1, 0.15) is 5.78 Å². The second kappa shape index (κ2) is 9.24. The van der Waals surface area contributed by atoms with Gasteiger partial charge < -0.3 is 5.73 Å². The highest BCUT2D eigenvalue weighted by atomic mass is 16.1. The molecule has 20 heavy (non-hydrogen) atoms. The van der Waals surface area contributed by atoms with Crippen molar-refractivity contribution < 1.29 is 9.59 Å². The van der Waals surface area contributed by atoms with Gasteiger partial charge in [-0.15, -0.1) is 0 Å². The molecule has 0 aromatic carbocycles. The Hall–Kier alpha value is -0.740. The van der Waals surface area contributed by atoms with Gasteiger partial charge in [-0.1, -0.05) is 27.2 Å². The summed E-state index contributed by atoms with van der Waals surface area (Å²) in [6.45, 7) is 10.1. The lowest BCUT2D eigenvalue weighted by molar-refractivity contribution is -0.131. The molecule has 0 saturated heterocycles. The van der Waals surface area contributed by atoms with E-state index in [9.17, 15) is 9.59 Å². The molecule has 0 saturated carbocycles. The smallest absolute Gasteiger partial charge is 0.155 e. The first-order valence-corrected chi connectivity index (χ1v) is 7.83. The molecule has 3 N–H and O–H groups in total. The molecule has 0 rings (SSSR count). The lowest BCUT2D eigenvalue weighted by Crippen LogP contribution is -2.49. The zero-order chi connectivity index (χ0) is 15.8. The fourth-order valence-electron chi connectivity index (χ4n) is 2.22. The topological polar surface area (TPSA) is 72.2 Å². The van der Waals surface area contributed by atoms with Crippen molar-refractivity contribution in [2.24, 2.45) is 11.1 Å². The van der Waals surface area contributed by atoms with E-state index >= 15 is 0 Å². The highest BCUT2D eigenvalue weighted by Crippen LogP contribution is 2.29. The maximum Gasteiger partial charge on any atom is 0.155 e. The molecule has 4 heteroatoms. The van der Waals surface area contributed by atoms with Crippen LogP contribution in [-0.2, 0) is 9.59 Å². The number of nitrogens with one attached hydrogen (secondary N) is 1. The fourth-order valence-corrected chi connectivity index (χ4v) is 2.22. The van der Waals surface area contributed by atoms with E-state index in [4.69, 9.17) is 5.73 Å². The monoisotopic (exact) mass is 284 g/mol. The van der Waals surface area contributed by atoms with Gasteiger partial charge >= 0.3 is 0 Å². The molecule has 0 amide bonds. The molecule has 2 atom stereocenters. The summed E-state index contributed by atoms with van der Waals surface area (Å²) < 4.78 is 0. The molecule has 0 aliphatic rings. The number of hydrogen-bond acceptors (Lipinski definition) is 4. The fraction of sp³-hybridized carbons (Fsp3) is 0.875. The second-order valence-corrected chi connectivity index (χ2v) is 5.97. The van der Waals surface area contributed by atoms with Crippen LogP contribution in [0.15, 0.2) is 0 Å². The van der Waals surface area contributed by atoms with E-state index in [1.807, 2.05) is 27.7 Å². The van der Waals surface area contributed by atoms with Crippen LogP contribution in [0.5, 0.6) is 0 Å². The van der Waals surface area contributed by atoms with E-state index < -0.39 is 0 Å². The molecular formula is C16H32N2O2. The van der Waals surface area contributed by atoms with Crippen LogP contribution < -0.4 is 11.1 Å². The summed E-state index contributed by atoms with van der Waals surface area (Å²) in [5, 5.41) is 3.21. The molecule has 0 radical (unpaired) electrons. The largest absolute Gasteiger partial charge is 0.330 e. The first kappa shape index (κ1) is 19.3. The van der Waals surface area contributed by atoms with Crippen LogP contribution >= 0.6 is 0 Å². The second-order valence-electron chi connectivity index (χ2n) is 5.97. The molecule has 0 fully saturated rings. The summed E-state index contributed by atoms with van der Waals surface area (Å²) in [7, 11) is 0. The van der Waals surface area contributed by atoms with Crippen molar-refractivity contribution in [1.29, 1.82) is 0 Å². The quantitative estimate of drug-likeness (QED) is 0.572.